The highest BCUT2D eigenvalue weighted by Crippen LogP contribution is 2.26. The van der Waals surface area contributed by atoms with Crippen molar-refractivity contribution in [2.45, 2.75) is 11.8 Å². The lowest BCUT2D eigenvalue weighted by Gasteiger charge is -2.20. The van der Waals surface area contributed by atoms with E-state index >= 15 is 0 Å². The van der Waals surface area contributed by atoms with Gasteiger partial charge in [0, 0.05) is 37.2 Å². The highest BCUT2D eigenvalue weighted by Gasteiger charge is 2.07. The Balaban J connectivity index is 2.02. The van der Waals surface area contributed by atoms with Crippen molar-refractivity contribution in [3.8, 4) is 0 Å². The van der Waals surface area contributed by atoms with E-state index in [1.165, 1.54) is 5.56 Å². The van der Waals surface area contributed by atoms with E-state index in [-0.39, 0.29) is 0 Å². The number of aromatic nitrogens is 1. The Morgan fingerprint density at radius 1 is 1.26 bits per heavy atom. The molecule has 0 fully saturated rings. The van der Waals surface area contributed by atoms with Crippen LogP contribution in [0.5, 0.6) is 0 Å². The standard InChI is InChI=1S/C15H16BrClN2/c1-19(9-7-13-4-2-3-8-18-13)15-6-5-12(11-16)10-14(15)17/h2-6,8,10H,7,9,11H2,1H3. The molecule has 100 valence electrons. The molecule has 0 aliphatic carbocycles. The van der Waals surface area contributed by atoms with E-state index in [1.54, 1.807) is 0 Å². The topological polar surface area (TPSA) is 16.1 Å². The molecule has 0 spiro atoms. The molecule has 2 rings (SSSR count). The zero-order valence-electron chi connectivity index (χ0n) is 10.8. The van der Waals surface area contributed by atoms with Gasteiger partial charge in [-0.25, -0.2) is 0 Å². The fraction of sp³-hybridized carbons (Fsp3) is 0.267. The Morgan fingerprint density at radius 3 is 2.74 bits per heavy atom. The first-order chi connectivity index (χ1) is 9.20. The number of hydrogen-bond donors (Lipinski definition) is 0. The zero-order valence-corrected chi connectivity index (χ0v) is 13.2. The van der Waals surface area contributed by atoms with Gasteiger partial charge < -0.3 is 4.90 Å². The monoisotopic (exact) mass is 338 g/mol. The molecule has 0 amide bonds. The summed E-state index contributed by atoms with van der Waals surface area (Å²) in [5, 5.41) is 1.62. The van der Waals surface area contributed by atoms with Gasteiger partial charge in [0.25, 0.3) is 0 Å². The number of benzene rings is 1. The van der Waals surface area contributed by atoms with Crippen molar-refractivity contribution in [1.82, 2.24) is 4.98 Å². The molecular weight excluding hydrogens is 324 g/mol. The number of anilines is 1. The summed E-state index contributed by atoms with van der Waals surface area (Å²) in [6.07, 6.45) is 2.74. The molecule has 19 heavy (non-hydrogen) atoms. The lowest BCUT2D eigenvalue weighted by molar-refractivity contribution is 0.852. The third-order valence-electron chi connectivity index (χ3n) is 3.01. The van der Waals surface area contributed by atoms with Crippen molar-refractivity contribution in [1.29, 1.82) is 0 Å². The third-order valence-corrected chi connectivity index (χ3v) is 3.96. The molecule has 0 atom stereocenters. The zero-order chi connectivity index (χ0) is 13.7. The summed E-state index contributed by atoms with van der Waals surface area (Å²) in [5.41, 5.74) is 3.34. The second kappa shape index (κ2) is 6.92. The average molecular weight is 340 g/mol. The minimum atomic E-state index is 0.792. The number of pyridine rings is 1. The third kappa shape index (κ3) is 3.95. The molecule has 1 aromatic heterocycles. The second-order valence-electron chi connectivity index (χ2n) is 4.41. The van der Waals surface area contributed by atoms with Gasteiger partial charge >= 0.3 is 0 Å². The summed E-state index contributed by atoms with van der Waals surface area (Å²) < 4.78 is 0. The van der Waals surface area contributed by atoms with E-state index in [9.17, 15) is 0 Å². The van der Waals surface area contributed by atoms with Crippen molar-refractivity contribution < 1.29 is 0 Å². The largest absolute Gasteiger partial charge is 0.373 e. The molecule has 0 saturated carbocycles. The molecule has 0 N–H and O–H groups in total. The van der Waals surface area contributed by atoms with Gasteiger partial charge in [-0.05, 0) is 29.8 Å². The number of halogens is 2. The van der Waals surface area contributed by atoms with Gasteiger partial charge in [-0.1, -0.05) is 39.7 Å². The molecule has 0 unspecified atom stereocenters. The van der Waals surface area contributed by atoms with Crippen LogP contribution in [0.3, 0.4) is 0 Å². The van der Waals surface area contributed by atoms with E-state index in [4.69, 9.17) is 11.6 Å². The van der Waals surface area contributed by atoms with Crippen LogP contribution in [-0.4, -0.2) is 18.6 Å². The molecule has 0 radical (unpaired) electrons. The molecule has 0 aliphatic rings. The van der Waals surface area contributed by atoms with Crippen LogP contribution < -0.4 is 4.90 Å². The maximum absolute atomic E-state index is 6.31. The summed E-state index contributed by atoms with van der Waals surface area (Å²) in [5.74, 6) is 0. The van der Waals surface area contributed by atoms with Crippen molar-refractivity contribution in [3.05, 3.63) is 58.9 Å². The molecule has 4 heteroatoms. The number of hydrogen-bond acceptors (Lipinski definition) is 2. The van der Waals surface area contributed by atoms with Crippen LogP contribution in [0.4, 0.5) is 5.69 Å². The van der Waals surface area contributed by atoms with Crippen LogP contribution in [0, 0.1) is 0 Å². The Kier molecular flexibility index (Phi) is 5.23. The Bertz CT molecular complexity index is 531. The van der Waals surface area contributed by atoms with Crippen LogP contribution in [0.1, 0.15) is 11.3 Å². The van der Waals surface area contributed by atoms with Gasteiger partial charge in [-0.2, -0.15) is 0 Å². The van der Waals surface area contributed by atoms with Crippen LogP contribution >= 0.6 is 27.5 Å². The minimum absolute atomic E-state index is 0.792. The molecule has 0 bridgehead atoms. The van der Waals surface area contributed by atoms with Crippen LogP contribution in [-0.2, 0) is 11.8 Å². The van der Waals surface area contributed by atoms with E-state index in [1.807, 2.05) is 30.5 Å². The van der Waals surface area contributed by atoms with Crippen molar-refractivity contribution in [2.24, 2.45) is 0 Å². The van der Waals surface area contributed by atoms with E-state index in [0.29, 0.717) is 0 Å². The van der Waals surface area contributed by atoms with Crippen LogP contribution in [0.15, 0.2) is 42.6 Å². The smallest absolute Gasteiger partial charge is 0.0642 e. The van der Waals surface area contributed by atoms with E-state index in [2.05, 4.69) is 45.0 Å². The Morgan fingerprint density at radius 2 is 2.11 bits per heavy atom. The first kappa shape index (κ1) is 14.4. The molecule has 2 nitrogen and oxygen atoms in total. The highest BCUT2D eigenvalue weighted by molar-refractivity contribution is 9.08. The molecule has 2 aromatic rings. The summed E-state index contributed by atoms with van der Waals surface area (Å²) in [6, 6.07) is 12.2. The summed E-state index contributed by atoms with van der Waals surface area (Å²) in [6.45, 7) is 0.893. The number of alkyl halides is 1. The normalized spacial score (nSPS) is 10.5. The molecule has 1 heterocycles. The van der Waals surface area contributed by atoms with Crippen LogP contribution in [0.25, 0.3) is 0 Å². The van der Waals surface area contributed by atoms with Crippen molar-refractivity contribution in [2.75, 3.05) is 18.5 Å². The van der Waals surface area contributed by atoms with Gasteiger partial charge in [0.2, 0.25) is 0 Å². The average Bonchev–Trinajstić information content (AvgIpc) is 2.45. The first-order valence-corrected chi connectivity index (χ1v) is 7.66. The number of nitrogens with zero attached hydrogens (tertiary/aromatic N) is 2. The second-order valence-corrected chi connectivity index (χ2v) is 5.38. The van der Waals surface area contributed by atoms with Gasteiger partial charge in [-0.3, -0.25) is 4.98 Å². The minimum Gasteiger partial charge on any atom is -0.373 e. The fourth-order valence-corrected chi connectivity index (χ4v) is 2.59. The van der Waals surface area contributed by atoms with E-state index < -0.39 is 0 Å². The Hall–Kier alpha value is -1.06. The highest BCUT2D eigenvalue weighted by atomic mass is 79.9. The summed E-state index contributed by atoms with van der Waals surface area (Å²) >= 11 is 9.74. The van der Waals surface area contributed by atoms with Gasteiger partial charge in [0.05, 0.1) is 10.7 Å². The molecule has 0 saturated heterocycles. The SMILES string of the molecule is CN(CCc1ccccn1)c1ccc(CBr)cc1Cl. The van der Waals surface area contributed by atoms with E-state index in [0.717, 1.165) is 34.7 Å². The van der Waals surface area contributed by atoms with Gasteiger partial charge in [-0.15, -0.1) is 0 Å². The van der Waals surface area contributed by atoms with Gasteiger partial charge in [0.1, 0.15) is 0 Å². The van der Waals surface area contributed by atoms with Gasteiger partial charge in [0.15, 0.2) is 0 Å². The van der Waals surface area contributed by atoms with Crippen LogP contribution in [0.2, 0.25) is 5.02 Å². The Labute approximate surface area is 127 Å². The molecule has 1 aromatic carbocycles. The predicted molar refractivity (Wildman–Crippen MR) is 85.3 cm³/mol. The fourth-order valence-electron chi connectivity index (χ4n) is 1.89. The summed E-state index contributed by atoms with van der Waals surface area (Å²) in [7, 11) is 2.05. The number of rotatable bonds is 5. The molecular formula is C15H16BrClN2. The molecule has 0 aliphatic heterocycles. The predicted octanol–water partition coefficient (Wildman–Crippen LogP) is 4.31. The summed E-state index contributed by atoms with van der Waals surface area (Å²) in [4.78, 5) is 6.49. The van der Waals surface area contributed by atoms with Crippen molar-refractivity contribution >= 4 is 33.2 Å². The quantitative estimate of drug-likeness (QED) is 0.755. The lowest BCUT2D eigenvalue weighted by atomic mass is 10.2. The lowest BCUT2D eigenvalue weighted by Crippen LogP contribution is -2.21. The first-order valence-electron chi connectivity index (χ1n) is 6.16. The maximum Gasteiger partial charge on any atom is 0.0642 e. The number of likely N-dealkylation sites (N-methyl/N-ethyl adjacent to an activating group) is 1. The maximum atomic E-state index is 6.31. The van der Waals surface area contributed by atoms with Crippen molar-refractivity contribution in [3.63, 3.8) is 0 Å².